The number of ether oxygens (including phenoxy) is 1. The minimum atomic E-state index is 0.420. The summed E-state index contributed by atoms with van der Waals surface area (Å²) in [6, 6.07) is 15.9. The lowest BCUT2D eigenvalue weighted by Crippen LogP contribution is -1.95. The predicted octanol–water partition coefficient (Wildman–Crippen LogP) is 4.23. The van der Waals surface area contributed by atoms with Gasteiger partial charge in [0.25, 0.3) is 5.22 Å². The van der Waals surface area contributed by atoms with E-state index in [1.807, 2.05) is 37.3 Å². The van der Waals surface area contributed by atoms with Gasteiger partial charge in [0.2, 0.25) is 11.8 Å². The summed E-state index contributed by atoms with van der Waals surface area (Å²) in [5.41, 5.74) is 0.912. The lowest BCUT2D eigenvalue weighted by Gasteiger charge is -2.02. The molecule has 0 bridgehead atoms. The zero-order valence-corrected chi connectivity index (χ0v) is 14.2. The van der Waals surface area contributed by atoms with E-state index < -0.39 is 0 Å². The number of aromatic nitrogens is 4. The maximum atomic E-state index is 5.82. The van der Waals surface area contributed by atoms with Crippen molar-refractivity contribution < 1.29 is 9.15 Å². The highest BCUT2D eigenvalue weighted by molar-refractivity contribution is 7.99. The van der Waals surface area contributed by atoms with Crippen molar-refractivity contribution >= 4 is 22.5 Å². The van der Waals surface area contributed by atoms with E-state index in [4.69, 9.17) is 9.15 Å². The van der Waals surface area contributed by atoms with Gasteiger partial charge in [0.15, 0.2) is 0 Å². The van der Waals surface area contributed by atoms with Crippen LogP contribution in [0, 0.1) is 0 Å². The molecule has 0 saturated heterocycles. The molecule has 4 aromatic rings. The zero-order chi connectivity index (χ0) is 17.1. The van der Waals surface area contributed by atoms with E-state index in [0.717, 1.165) is 16.3 Å². The predicted molar refractivity (Wildman–Crippen MR) is 94.6 cm³/mol. The summed E-state index contributed by atoms with van der Waals surface area (Å²) in [6.45, 7) is 2.45. The largest absolute Gasteiger partial charge is 0.478 e. The Labute approximate surface area is 148 Å². The Bertz CT molecular complexity index is 1010. The molecule has 7 heteroatoms. The van der Waals surface area contributed by atoms with Crippen molar-refractivity contribution in [1.29, 1.82) is 0 Å². The van der Waals surface area contributed by atoms with Crippen LogP contribution in [-0.2, 0) is 0 Å². The Morgan fingerprint density at radius 2 is 1.92 bits per heavy atom. The molecule has 0 aliphatic rings. The number of benzene rings is 2. The van der Waals surface area contributed by atoms with Gasteiger partial charge in [0, 0.05) is 11.6 Å². The van der Waals surface area contributed by atoms with Crippen LogP contribution in [0.2, 0.25) is 0 Å². The highest BCUT2D eigenvalue weighted by Gasteiger charge is 2.13. The van der Waals surface area contributed by atoms with Crippen molar-refractivity contribution in [2.75, 3.05) is 6.61 Å². The molecular formula is C18H14N4O2S. The molecule has 0 atom stereocenters. The van der Waals surface area contributed by atoms with Gasteiger partial charge in [-0.1, -0.05) is 36.4 Å². The van der Waals surface area contributed by atoms with Gasteiger partial charge in [-0.2, -0.15) is 0 Å². The van der Waals surface area contributed by atoms with Crippen LogP contribution in [0.5, 0.6) is 5.88 Å². The first kappa shape index (κ1) is 15.6. The molecule has 0 unspecified atom stereocenters. The zero-order valence-electron chi connectivity index (χ0n) is 13.4. The molecule has 2 heterocycles. The van der Waals surface area contributed by atoms with Crippen LogP contribution in [0.4, 0.5) is 0 Å². The monoisotopic (exact) mass is 350 g/mol. The van der Waals surface area contributed by atoms with Crippen LogP contribution in [0.1, 0.15) is 6.92 Å². The molecular weight excluding hydrogens is 336 g/mol. The summed E-state index contributed by atoms with van der Waals surface area (Å²) in [7, 11) is 0. The van der Waals surface area contributed by atoms with Gasteiger partial charge in [-0.3, -0.25) is 0 Å². The average molecular weight is 350 g/mol. The first-order valence-corrected chi connectivity index (χ1v) is 8.59. The SMILES string of the molecule is CCOc1cc(Sc2nnc(-c3cccc4ccccc34)o2)ncn1. The number of nitrogens with zero attached hydrogens (tertiary/aromatic N) is 4. The third-order valence-corrected chi connectivity index (χ3v) is 4.30. The van der Waals surface area contributed by atoms with E-state index in [1.165, 1.54) is 18.1 Å². The van der Waals surface area contributed by atoms with Crippen molar-refractivity contribution in [2.24, 2.45) is 0 Å². The van der Waals surface area contributed by atoms with Crippen molar-refractivity contribution in [3.63, 3.8) is 0 Å². The van der Waals surface area contributed by atoms with Crippen LogP contribution in [0.3, 0.4) is 0 Å². The van der Waals surface area contributed by atoms with Crippen LogP contribution >= 0.6 is 11.8 Å². The summed E-state index contributed by atoms with van der Waals surface area (Å²) in [5.74, 6) is 1.01. The van der Waals surface area contributed by atoms with E-state index in [0.29, 0.717) is 28.6 Å². The number of rotatable bonds is 5. The Balaban J connectivity index is 1.63. The van der Waals surface area contributed by atoms with E-state index in [1.54, 1.807) is 6.07 Å². The van der Waals surface area contributed by atoms with Gasteiger partial charge in [0.1, 0.15) is 11.4 Å². The normalized spacial score (nSPS) is 10.9. The van der Waals surface area contributed by atoms with E-state index in [9.17, 15) is 0 Å². The molecule has 0 aliphatic heterocycles. The Kier molecular flexibility index (Phi) is 4.30. The van der Waals surface area contributed by atoms with E-state index >= 15 is 0 Å². The molecule has 6 nitrogen and oxygen atoms in total. The summed E-state index contributed by atoms with van der Waals surface area (Å²) < 4.78 is 11.2. The minimum Gasteiger partial charge on any atom is -0.478 e. The summed E-state index contributed by atoms with van der Waals surface area (Å²) in [4.78, 5) is 8.24. The molecule has 0 aliphatic carbocycles. The number of hydrogen-bond acceptors (Lipinski definition) is 7. The fourth-order valence-corrected chi connectivity index (χ4v) is 3.11. The van der Waals surface area contributed by atoms with Crippen LogP contribution < -0.4 is 4.74 Å². The average Bonchev–Trinajstić information content (AvgIpc) is 3.10. The smallest absolute Gasteiger partial charge is 0.283 e. The molecule has 0 amide bonds. The number of hydrogen-bond donors (Lipinski definition) is 0. The van der Waals surface area contributed by atoms with Crippen LogP contribution in [0.25, 0.3) is 22.2 Å². The summed E-state index contributed by atoms with van der Waals surface area (Å²) >= 11 is 1.28. The summed E-state index contributed by atoms with van der Waals surface area (Å²) in [5, 5.41) is 11.6. The van der Waals surface area contributed by atoms with Crippen LogP contribution in [-0.4, -0.2) is 26.8 Å². The molecule has 0 radical (unpaired) electrons. The van der Waals surface area contributed by atoms with Gasteiger partial charge in [-0.25, -0.2) is 9.97 Å². The molecule has 25 heavy (non-hydrogen) atoms. The van der Waals surface area contributed by atoms with Crippen molar-refractivity contribution in [2.45, 2.75) is 17.2 Å². The van der Waals surface area contributed by atoms with E-state index in [-0.39, 0.29) is 0 Å². The van der Waals surface area contributed by atoms with Crippen molar-refractivity contribution in [3.8, 4) is 17.3 Å². The lowest BCUT2D eigenvalue weighted by molar-refractivity contribution is 0.324. The van der Waals surface area contributed by atoms with Crippen LogP contribution in [0.15, 0.2) is 69.5 Å². The quantitative estimate of drug-likeness (QED) is 0.499. The van der Waals surface area contributed by atoms with Gasteiger partial charge < -0.3 is 9.15 Å². The first-order valence-electron chi connectivity index (χ1n) is 7.78. The molecule has 0 spiro atoms. The van der Waals surface area contributed by atoms with Crippen molar-refractivity contribution in [1.82, 2.24) is 20.2 Å². The van der Waals surface area contributed by atoms with Crippen molar-refractivity contribution in [3.05, 3.63) is 54.9 Å². The summed E-state index contributed by atoms with van der Waals surface area (Å²) in [6.07, 6.45) is 1.45. The van der Waals surface area contributed by atoms with Gasteiger partial charge in [-0.15, -0.1) is 10.2 Å². The Morgan fingerprint density at radius 3 is 2.84 bits per heavy atom. The topological polar surface area (TPSA) is 73.9 Å². The van der Waals surface area contributed by atoms with Gasteiger partial charge in [0.05, 0.1) is 6.61 Å². The highest BCUT2D eigenvalue weighted by atomic mass is 32.2. The van der Waals surface area contributed by atoms with Gasteiger partial charge in [-0.05, 0) is 35.5 Å². The van der Waals surface area contributed by atoms with Gasteiger partial charge >= 0.3 is 0 Å². The molecule has 0 fully saturated rings. The van der Waals surface area contributed by atoms with E-state index in [2.05, 4.69) is 32.3 Å². The third-order valence-electron chi connectivity index (χ3n) is 3.53. The second-order valence-electron chi connectivity index (χ2n) is 5.13. The second kappa shape index (κ2) is 6.90. The molecule has 0 saturated carbocycles. The maximum Gasteiger partial charge on any atom is 0.283 e. The molecule has 2 aromatic heterocycles. The standard InChI is InChI=1S/C18H14N4O2S/c1-2-23-15-10-16(20-11-19-15)25-18-22-21-17(24-18)14-9-5-7-12-6-3-4-8-13(12)14/h3-11H,2H2,1H3. The lowest BCUT2D eigenvalue weighted by atomic mass is 10.0. The minimum absolute atomic E-state index is 0.420. The molecule has 4 rings (SSSR count). The molecule has 124 valence electrons. The maximum absolute atomic E-state index is 5.82. The Hall–Kier alpha value is -2.93. The number of fused-ring (bicyclic) bond motifs is 1. The fraction of sp³-hybridized carbons (Fsp3) is 0.111. The second-order valence-corrected chi connectivity index (χ2v) is 6.10. The molecule has 0 N–H and O–H groups in total. The fourth-order valence-electron chi connectivity index (χ4n) is 2.47. The Morgan fingerprint density at radius 1 is 1.04 bits per heavy atom. The molecule has 2 aromatic carbocycles. The highest BCUT2D eigenvalue weighted by Crippen LogP contribution is 2.32. The third kappa shape index (κ3) is 3.32. The first-order chi connectivity index (χ1) is 12.3.